The zero-order chi connectivity index (χ0) is 19.8. The van der Waals surface area contributed by atoms with Crippen molar-refractivity contribution >= 4 is 23.6 Å². The van der Waals surface area contributed by atoms with E-state index in [0.717, 1.165) is 18.2 Å². The second-order valence-electron chi connectivity index (χ2n) is 5.47. The van der Waals surface area contributed by atoms with Crippen molar-refractivity contribution in [3.63, 3.8) is 0 Å². The molecule has 0 saturated carbocycles. The summed E-state index contributed by atoms with van der Waals surface area (Å²) < 4.78 is 37.5. The number of carbonyl (C=O) groups excluding carboxylic acids is 2. The maximum absolute atomic E-state index is 13.6. The van der Waals surface area contributed by atoms with Gasteiger partial charge in [0, 0.05) is 11.6 Å². The van der Waals surface area contributed by atoms with Gasteiger partial charge in [-0.3, -0.25) is 4.79 Å². The van der Waals surface area contributed by atoms with E-state index in [4.69, 9.17) is 9.47 Å². The number of benzene rings is 2. The summed E-state index contributed by atoms with van der Waals surface area (Å²) in [5, 5.41) is 2.07. The second-order valence-corrected chi connectivity index (χ2v) is 5.47. The average Bonchev–Trinajstić information content (AvgIpc) is 2.64. The van der Waals surface area contributed by atoms with Crippen LogP contribution in [0.25, 0.3) is 6.08 Å². The van der Waals surface area contributed by atoms with Crippen LogP contribution in [0.3, 0.4) is 0 Å². The van der Waals surface area contributed by atoms with Crippen LogP contribution in [0.1, 0.15) is 19.4 Å². The number of para-hydroxylation sites is 2. The van der Waals surface area contributed by atoms with E-state index < -0.39 is 35.3 Å². The molecule has 0 heterocycles. The summed E-state index contributed by atoms with van der Waals surface area (Å²) in [5.41, 5.74) is 0.0772. The Labute approximate surface area is 155 Å². The Hall–Kier alpha value is -3.22. The lowest BCUT2D eigenvalue weighted by Gasteiger charge is -2.13. The van der Waals surface area contributed by atoms with Gasteiger partial charge in [-0.2, -0.15) is 0 Å². The van der Waals surface area contributed by atoms with Gasteiger partial charge in [-0.15, -0.1) is 0 Å². The van der Waals surface area contributed by atoms with Crippen molar-refractivity contribution in [3.05, 3.63) is 65.7 Å². The number of halogens is 2. The molecule has 1 atom stereocenters. The van der Waals surface area contributed by atoms with Gasteiger partial charge in [-0.05, 0) is 38.1 Å². The summed E-state index contributed by atoms with van der Waals surface area (Å²) in [6, 6.07) is 10.3. The maximum atomic E-state index is 13.6. The fourth-order valence-electron chi connectivity index (χ4n) is 2.17. The van der Waals surface area contributed by atoms with Crippen LogP contribution in [0.5, 0.6) is 5.75 Å². The average molecular weight is 375 g/mol. The van der Waals surface area contributed by atoms with Crippen LogP contribution in [0.4, 0.5) is 14.5 Å². The predicted octanol–water partition coefficient (Wildman–Crippen LogP) is 3.95. The minimum absolute atomic E-state index is 0.471. The number of ether oxygens (including phenoxy) is 2. The molecule has 0 radical (unpaired) electrons. The summed E-state index contributed by atoms with van der Waals surface area (Å²) in [6.45, 7) is 3.61. The Kier molecular flexibility index (Phi) is 7.05. The van der Waals surface area contributed by atoms with Crippen LogP contribution in [0, 0.1) is 11.6 Å². The van der Waals surface area contributed by atoms with Gasteiger partial charge < -0.3 is 14.8 Å². The monoisotopic (exact) mass is 375 g/mol. The van der Waals surface area contributed by atoms with E-state index in [-0.39, 0.29) is 0 Å². The Morgan fingerprint density at radius 3 is 2.44 bits per heavy atom. The van der Waals surface area contributed by atoms with Crippen LogP contribution in [-0.4, -0.2) is 24.6 Å². The van der Waals surface area contributed by atoms with E-state index in [1.54, 1.807) is 24.3 Å². The Balaban J connectivity index is 1.98. The first kappa shape index (κ1) is 20.1. The van der Waals surface area contributed by atoms with E-state index in [2.05, 4.69) is 5.32 Å². The number of rotatable bonds is 7. The molecule has 0 fully saturated rings. The van der Waals surface area contributed by atoms with Gasteiger partial charge in [-0.25, -0.2) is 13.6 Å². The molecule has 7 heteroatoms. The summed E-state index contributed by atoms with van der Waals surface area (Å²) in [6.07, 6.45) is 1.39. The highest BCUT2D eigenvalue weighted by Crippen LogP contribution is 2.20. The molecule has 5 nitrogen and oxygen atoms in total. The summed E-state index contributed by atoms with van der Waals surface area (Å²) >= 11 is 0. The topological polar surface area (TPSA) is 64.6 Å². The second kappa shape index (κ2) is 9.47. The van der Waals surface area contributed by atoms with Crippen molar-refractivity contribution in [3.8, 4) is 5.75 Å². The fraction of sp³-hybridized carbons (Fsp3) is 0.200. The number of amides is 1. The van der Waals surface area contributed by atoms with Gasteiger partial charge in [0.2, 0.25) is 0 Å². The highest BCUT2D eigenvalue weighted by atomic mass is 19.1. The molecule has 0 aliphatic rings. The normalized spacial score (nSPS) is 11.9. The smallest absolute Gasteiger partial charge is 0.331 e. The SMILES string of the molecule is CCOc1ccccc1/C=C/C(=O)O[C@H](C)C(=O)Nc1c(F)cccc1F. The van der Waals surface area contributed by atoms with E-state index in [1.807, 2.05) is 6.92 Å². The standard InChI is InChI=1S/C20H19F2NO4/c1-3-26-17-10-5-4-7-14(17)11-12-18(24)27-13(2)20(25)23-19-15(21)8-6-9-16(19)22/h4-13H,3H2,1-2H3,(H,23,25)/b12-11+/t13-/m1/s1. The molecular formula is C20H19F2NO4. The van der Waals surface area contributed by atoms with Gasteiger partial charge in [0.05, 0.1) is 6.61 Å². The lowest BCUT2D eigenvalue weighted by molar-refractivity contribution is -0.148. The van der Waals surface area contributed by atoms with Crippen molar-refractivity contribution in [2.75, 3.05) is 11.9 Å². The highest BCUT2D eigenvalue weighted by molar-refractivity contribution is 5.96. The molecule has 1 N–H and O–H groups in total. The third-order valence-electron chi connectivity index (χ3n) is 3.49. The van der Waals surface area contributed by atoms with E-state index in [1.165, 1.54) is 19.1 Å². The Morgan fingerprint density at radius 2 is 1.78 bits per heavy atom. The van der Waals surface area contributed by atoms with Gasteiger partial charge in [0.15, 0.2) is 6.10 Å². The molecule has 0 spiro atoms. The lowest BCUT2D eigenvalue weighted by Crippen LogP contribution is -2.30. The summed E-state index contributed by atoms with van der Waals surface area (Å²) in [4.78, 5) is 23.9. The number of nitrogens with one attached hydrogen (secondary N) is 1. The molecule has 2 aromatic carbocycles. The first-order chi connectivity index (χ1) is 12.9. The molecule has 2 aromatic rings. The quantitative estimate of drug-likeness (QED) is 0.588. The maximum Gasteiger partial charge on any atom is 0.331 e. The Morgan fingerprint density at radius 1 is 1.11 bits per heavy atom. The largest absolute Gasteiger partial charge is 0.493 e. The van der Waals surface area contributed by atoms with Crippen molar-refractivity contribution in [1.82, 2.24) is 0 Å². The molecule has 0 saturated heterocycles. The van der Waals surface area contributed by atoms with E-state index in [0.29, 0.717) is 17.9 Å². The molecule has 0 bridgehead atoms. The van der Waals surface area contributed by atoms with Crippen molar-refractivity contribution in [1.29, 1.82) is 0 Å². The molecule has 0 aliphatic carbocycles. The van der Waals surface area contributed by atoms with Crippen LogP contribution in [0.15, 0.2) is 48.5 Å². The van der Waals surface area contributed by atoms with Crippen LogP contribution in [0.2, 0.25) is 0 Å². The summed E-state index contributed by atoms with van der Waals surface area (Å²) in [5.74, 6) is -2.87. The van der Waals surface area contributed by atoms with Gasteiger partial charge in [0.1, 0.15) is 23.1 Å². The van der Waals surface area contributed by atoms with Crippen LogP contribution >= 0.6 is 0 Å². The first-order valence-corrected chi connectivity index (χ1v) is 8.27. The van der Waals surface area contributed by atoms with Gasteiger partial charge in [-0.1, -0.05) is 24.3 Å². The third-order valence-corrected chi connectivity index (χ3v) is 3.49. The van der Waals surface area contributed by atoms with Gasteiger partial charge in [0.25, 0.3) is 5.91 Å². The number of anilines is 1. The lowest BCUT2D eigenvalue weighted by atomic mass is 10.2. The molecular weight excluding hydrogens is 356 g/mol. The predicted molar refractivity (Wildman–Crippen MR) is 97.2 cm³/mol. The number of carbonyl (C=O) groups is 2. The van der Waals surface area contributed by atoms with Crippen molar-refractivity contribution in [2.24, 2.45) is 0 Å². The minimum atomic E-state index is -1.25. The van der Waals surface area contributed by atoms with Crippen molar-refractivity contribution < 1.29 is 27.8 Å². The van der Waals surface area contributed by atoms with Crippen molar-refractivity contribution in [2.45, 2.75) is 20.0 Å². The zero-order valence-corrected chi connectivity index (χ0v) is 14.9. The van der Waals surface area contributed by atoms with Crippen LogP contribution in [-0.2, 0) is 14.3 Å². The molecule has 142 valence electrons. The fourth-order valence-corrected chi connectivity index (χ4v) is 2.17. The van der Waals surface area contributed by atoms with Crippen LogP contribution < -0.4 is 10.1 Å². The first-order valence-electron chi connectivity index (χ1n) is 8.27. The highest BCUT2D eigenvalue weighted by Gasteiger charge is 2.20. The third kappa shape index (κ3) is 5.64. The summed E-state index contributed by atoms with van der Waals surface area (Å²) in [7, 11) is 0. The zero-order valence-electron chi connectivity index (χ0n) is 14.9. The minimum Gasteiger partial charge on any atom is -0.493 e. The number of esters is 1. The molecule has 1 amide bonds. The Bertz CT molecular complexity index is 831. The number of hydrogen-bond acceptors (Lipinski definition) is 4. The number of hydrogen-bond donors (Lipinski definition) is 1. The van der Waals surface area contributed by atoms with E-state index >= 15 is 0 Å². The van der Waals surface area contributed by atoms with Gasteiger partial charge >= 0.3 is 5.97 Å². The van der Waals surface area contributed by atoms with E-state index in [9.17, 15) is 18.4 Å². The molecule has 0 unspecified atom stereocenters. The molecule has 27 heavy (non-hydrogen) atoms. The molecule has 0 aliphatic heterocycles. The molecule has 0 aromatic heterocycles. The molecule has 2 rings (SSSR count).